The Labute approximate surface area is 73.0 Å². The SMILES string of the molecule is C=C(Cl)CN1CC(C)C(N)C1. The minimum Gasteiger partial charge on any atom is -0.326 e. The topological polar surface area (TPSA) is 29.3 Å². The van der Waals surface area contributed by atoms with Crippen LogP contribution in [0.3, 0.4) is 0 Å². The highest BCUT2D eigenvalue weighted by Crippen LogP contribution is 2.15. The van der Waals surface area contributed by atoms with Gasteiger partial charge in [-0.2, -0.15) is 0 Å². The molecule has 0 bridgehead atoms. The normalized spacial score (nSPS) is 32.6. The number of halogens is 1. The Morgan fingerprint density at radius 2 is 2.36 bits per heavy atom. The summed E-state index contributed by atoms with van der Waals surface area (Å²) in [5.74, 6) is 0.589. The molecule has 3 heteroatoms. The molecule has 1 fully saturated rings. The molecule has 11 heavy (non-hydrogen) atoms. The van der Waals surface area contributed by atoms with Crippen molar-refractivity contribution in [2.24, 2.45) is 11.7 Å². The van der Waals surface area contributed by atoms with Crippen molar-refractivity contribution in [3.8, 4) is 0 Å². The van der Waals surface area contributed by atoms with E-state index in [9.17, 15) is 0 Å². The van der Waals surface area contributed by atoms with Crippen molar-refractivity contribution in [1.82, 2.24) is 4.90 Å². The monoisotopic (exact) mass is 174 g/mol. The maximum absolute atomic E-state index is 5.83. The van der Waals surface area contributed by atoms with E-state index in [2.05, 4.69) is 18.4 Å². The Morgan fingerprint density at radius 3 is 2.73 bits per heavy atom. The zero-order valence-electron chi connectivity index (χ0n) is 6.89. The number of nitrogens with zero attached hydrogens (tertiary/aromatic N) is 1. The predicted molar refractivity (Wildman–Crippen MR) is 48.6 cm³/mol. The first kappa shape index (κ1) is 9.04. The van der Waals surface area contributed by atoms with E-state index >= 15 is 0 Å². The molecule has 64 valence electrons. The number of rotatable bonds is 2. The molecule has 0 amide bonds. The molecule has 0 aromatic carbocycles. The number of hydrogen-bond acceptors (Lipinski definition) is 2. The van der Waals surface area contributed by atoms with E-state index in [-0.39, 0.29) is 0 Å². The van der Waals surface area contributed by atoms with Gasteiger partial charge in [0.15, 0.2) is 0 Å². The summed E-state index contributed by atoms with van der Waals surface area (Å²) in [6.45, 7) is 8.60. The standard InChI is InChI=1S/C8H15ClN2/c1-6-3-11(4-7(2)9)5-8(6)10/h6,8H,2-5,10H2,1H3. The molecule has 1 heterocycles. The summed E-state index contributed by atoms with van der Waals surface area (Å²) >= 11 is 5.68. The van der Waals surface area contributed by atoms with Crippen LogP contribution in [0.2, 0.25) is 0 Å². The molecule has 2 atom stereocenters. The lowest BCUT2D eigenvalue weighted by Crippen LogP contribution is -2.28. The Hall–Kier alpha value is -0.0500. The third kappa shape index (κ3) is 2.47. The Balaban J connectivity index is 2.35. The van der Waals surface area contributed by atoms with Gasteiger partial charge in [-0.15, -0.1) is 0 Å². The van der Waals surface area contributed by atoms with Crippen LogP contribution in [0, 0.1) is 5.92 Å². The summed E-state index contributed by atoms with van der Waals surface area (Å²) in [5, 5.41) is 0.700. The second kappa shape index (κ2) is 3.57. The molecule has 2 unspecified atom stereocenters. The van der Waals surface area contributed by atoms with E-state index in [0.717, 1.165) is 19.6 Å². The van der Waals surface area contributed by atoms with Gasteiger partial charge in [0.05, 0.1) is 0 Å². The van der Waals surface area contributed by atoms with E-state index in [1.807, 2.05) is 0 Å². The quantitative estimate of drug-likeness (QED) is 0.678. The minimum absolute atomic E-state index is 0.311. The molecule has 0 saturated carbocycles. The lowest BCUT2D eigenvalue weighted by atomic mass is 10.1. The van der Waals surface area contributed by atoms with Gasteiger partial charge in [0, 0.05) is 30.7 Å². The molecule has 0 aliphatic carbocycles. The third-order valence-electron chi connectivity index (χ3n) is 2.14. The van der Waals surface area contributed by atoms with Gasteiger partial charge in [0.1, 0.15) is 0 Å². The van der Waals surface area contributed by atoms with Crippen molar-refractivity contribution in [3.05, 3.63) is 11.6 Å². The Bertz CT molecular complexity index is 148. The molecule has 1 aliphatic rings. The molecule has 2 N–H and O–H groups in total. The van der Waals surface area contributed by atoms with E-state index < -0.39 is 0 Å². The molecular weight excluding hydrogens is 160 g/mol. The molecule has 0 aromatic rings. The molecule has 1 aliphatic heterocycles. The first-order valence-electron chi connectivity index (χ1n) is 3.91. The molecule has 0 radical (unpaired) electrons. The summed E-state index contributed by atoms with van der Waals surface area (Å²) in [5.41, 5.74) is 5.83. The number of likely N-dealkylation sites (tertiary alicyclic amines) is 1. The average Bonchev–Trinajstić information content (AvgIpc) is 2.10. The van der Waals surface area contributed by atoms with E-state index in [1.54, 1.807) is 0 Å². The highest BCUT2D eigenvalue weighted by atomic mass is 35.5. The second-order valence-electron chi connectivity index (χ2n) is 3.35. The zero-order valence-corrected chi connectivity index (χ0v) is 7.64. The largest absolute Gasteiger partial charge is 0.326 e. The molecule has 1 saturated heterocycles. The molecule has 0 aromatic heterocycles. The van der Waals surface area contributed by atoms with Crippen LogP contribution in [0.5, 0.6) is 0 Å². The summed E-state index contributed by atoms with van der Waals surface area (Å²) in [7, 11) is 0. The zero-order chi connectivity index (χ0) is 8.43. The second-order valence-corrected chi connectivity index (χ2v) is 3.89. The maximum Gasteiger partial charge on any atom is 0.0336 e. The van der Waals surface area contributed by atoms with Crippen molar-refractivity contribution in [3.63, 3.8) is 0 Å². The minimum atomic E-state index is 0.311. The van der Waals surface area contributed by atoms with Crippen LogP contribution in [0.4, 0.5) is 0 Å². The van der Waals surface area contributed by atoms with Gasteiger partial charge < -0.3 is 5.73 Å². The van der Waals surface area contributed by atoms with Crippen molar-refractivity contribution in [1.29, 1.82) is 0 Å². The van der Waals surface area contributed by atoms with Crippen molar-refractivity contribution < 1.29 is 0 Å². The first-order chi connectivity index (χ1) is 5.09. The van der Waals surface area contributed by atoms with Crippen molar-refractivity contribution in [2.75, 3.05) is 19.6 Å². The van der Waals surface area contributed by atoms with Gasteiger partial charge >= 0.3 is 0 Å². The van der Waals surface area contributed by atoms with Crippen LogP contribution >= 0.6 is 11.6 Å². The van der Waals surface area contributed by atoms with Crippen LogP contribution in [0.1, 0.15) is 6.92 Å². The van der Waals surface area contributed by atoms with Crippen LogP contribution in [0.25, 0.3) is 0 Å². The number of nitrogens with two attached hydrogens (primary N) is 1. The first-order valence-corrected chi connectivity index (χ1v) is 4.28. The summed E-state index contributed by atoms with van der Waals surface area (Å²) < 4.78 is 0. The fraction of sp³-hybridized carbons (Fsp3) is 0.750. The van der Waals surface area contributed by atoms with Crippen LogP contribution in [-0.2, 0) is 0 Å². The molecule has 0 spiro atoms. The predicted octanol–water partition coefficient (Wildman–Crippen LogP) is 1.02. The van der Waals surface area contributed by atoms with Crippen LogP contribution < -0.4 is 5.73 Å². The smallest absolute Gasteiger partial charge is 0.0336 e. The van der Waals surface area contributed by atoms with Gasteiger partial charge in [-0.1, -0.05) is 25.1 Å². The molecular formula is C8H15ClN2. The summed E-state index contributed by atoms with van der Waals surface area (Å²) in [4.78, 5) is 2.24. The molecule has 1 rings (SSSR count). The Morgan fingerprint density at radius 1 is 1.73 bits per heavy atom. The highest BCUT2D eigenvalue weighted by molar-refractivity contribution is 6.29. The highest BCUT2D eigenvalue weighted by Gasteiger charge is 2.25. The summed E-state index contributed by atoms with van der Waals surface area (Å²) in [6, 6.07) is 0.311. The average molecular weight is 175 g/mol. The number of hydrogen-bond donors (Lipinski definition) is 1. The van der Waals surface area contributed by atoms with Crippen LogP contribution in [-0.4, -0.2) is 30.6 Å². The maximum atomic E-state index is 5.83. The van der Waals surface area contributed by atoms with Gasteiger partial charge in [-0.25, -0.2) is 0 Å². The fourth-order valence-corrected chi connectivity index (χ4v) is 1.64. The van der Waals surface area contributed by atoms with Crippen molar-refractivity contribution in [2.45, 2.75) is 13.0 Å². The third-order valence-corrected chi connectivity index (χ3v) is 2.26. The van der Waals surface area contributed by atoms with Gasteiger partial charge in [-0.3, -0.25) is 4.90 Å². The van der Waals surface area contributed by atoms with E-state index in [1.165, 1.54) is 0 Å². The lowest BCUT2D eigenvalue weighted by Gasteiger charge is -2.13. The van der Waals surface area contributed by atoms with E-state index in [0.29, 0.717) is 17.0 Å². The van der Waals surface area contributed by atoms with Crippen LogP contribution in [0.15, 0.2) is 11.6 Å². The van der Waals surface area contributed by atoms with Gasteiger partial charge in [0.2, 0.25) is 0 Å². The van der Waals surface area contributed by atoms with Gasteiger partial charge in [-0.05, 0) is 5.92 Å². The fourth-order valence-electron chi connectivity index (χ4n) is 1.47. The van der Waals surface area contributed by atoms with Crippen molar-refractivity contribution >= 4 is 11.6 Å². The van der Waals surface area contributed by atoms with Gasteiger partial charge in [0.25, 0.3) is 0 Å². The lowest BCUT2D eigenvalue weighted by molar-refractivity contribution is 0.360. The van der Waals surface area contributed by atoms with E-state index in [4.69, 9.17) is 17.3 Å². The Kier molecular flexibility index (Phi) is 2.93. The summed E-state index contributed by atoms with van der Waals surface area (Å²) in [6.07, 6.45) is 0. The molecule has 2 nitrogen and oxygen atoms in total.